The largest absolute Gasteiger partial charge is 0.466 e. The zero-order valence-electron chi connectivity index (χ0n) is 5.97. The first-order valence-corrected chi connectivity index (χ1v) is 4.37. The lowest BCUT2D eigenvalue weighted by atomic mass is 9.86. The van der Waals surface area contributed by atoms with Crippen molar-refractivity contribution in [1.29, 1.82) is 0 Å². The van der Waals surface area contributed by atoms with Gasteiger partial charge in [0.15, 0.2) is 0 Å². The number of carbonyl (C=O) groups excluding carboxylic acids is 1. The average molecular weight is 207 g/mol. The molecule has 58 valence electrons. The fourth-order valence-corrected chi connectivity index (χ4v) is 2.08. The Bertz CT molecular complexity index is 130. The maximum Gasteiger partial charge on any atom is 0.302 e. The van der Waals surface area contributed by atoms with Gasteiger partial charge in [-0.3, -0.25) is 4.79 Å². The fourth-order valence-electron chi connectivity index (χ4n) is 1.03. The van der Waals surface area contributed by atoms with Crippen LogP contribution in [0.15, 0.2) is 0 Å². The topological polar surface area (TPSA) is 26.3 Å². The lowest BCUT2D eigenvalue weighted by Gasteiger charge is -2.30. The molecule has 10 heavy (non-hydrogen) atoms. The summed E-state index contributed by atoms with van der Waals surface area (Å²) in [6, 6.07) is 0. The van der Waals surface area contributed by atoms with Gasteiger partial charge in [0.05, 0.1) is 6.61 Å². The van der Waals surface area contributed by atoms with E-state index in [1.54, 1.807) is 0 Å². The second-order valence-corrected chi connectivity index (χ2v) is 4.03. The molecule has 0 bridgehead atoms. The molecule has 3 heteroatoms. The van der Waals surface area contributed by atoms with Crippen molar-refractivity contribution in [2.45, 2.75) is 24.6 Å². The highest BCUT2D eigenvalue weighted by Gasteiger charge is 2.27. The molecular formula is C7H11BrO2. The van der Waals surface area contributed by atoms with E-state index in [-0.39, 0.29) is 5.97 Å². The highest BCUT2D eigenvalue weighted by molar-refractivity contribution is 9.09. The number of alkyl halides is 1. The van der Waals surface area contributed by atoms with Gasteiger partial charge in [-0.15, -0.1) is 0 Å². The van der Waals surface area contributed by atoms with Crippen LogP contribution in [0.25, 0.3) is 0 Å². The Morgan fingerprint density at radius 2 is 2.30 bits per heavy atom. The average Bonchev–Trinajstić information content (AvgIpc) is 1.77. The van der Waals surface area contributed by atoms with E-state index in [0.29, 0.717) is 17.4 Å². The maximum absolute atomic E-state index is 10.3. The predicted molar refractivity (Wildman–Crippen MR) is 42.1 cm³/mol. The summed E-state index contributed by atoms with van der Waals surface area (Å²) in [6.45, 7) is 2.06. The van der Waals surface area contributed by atoms with Crippen molar-refractivity contribution >= 4 is 21.9 Å². The van der Waals surface area contributed by atoms with Gasteiger partial charge in [0.2, 0.25) is 0 Å². The minimum Gasteiger partial charge on any atom is -0.466 e. The number of hydrogen-bond donors (Lipinski definition) is 0. The summed E-state index contributed by atoms with van der Waals surface area (Å²) < 4.78 is 4.83. The zero-order valence-corrected chi connectivity index (χ0v) is 7.56. The molecule has 0 amide bonds. The van der Waals surface area contributed by atoms with Crippen LogP contribution in [0.3, 0.4) is 0 Å². The Kier molecular flexibility index (Phi) is 2.72. The zero-order chi connectivity index (χ0) is 7.56. The molecule has 0 aliphatic heterocycles. The van der Waals surface area contributed by atoms with Gasteiger partial charge in [-0.05, 0) is 18.8 Å². The Morgan fingerprint density at radius 3 is 2.70 bits per heavy atom. The molecule has 0 spiro atoms. The Labute approximate surface area is 69.1 Å². The van der Waals surface area contributed by atoms with Crippen LogP contribution in [0.5, 0.6) is 0 Å². The van der Waals surface area contributed by atoms with E-state index in [9.17, 15) is 4.79 Å². The molecule has 0 heterocycles. The Morgan fingerprint density at radius 1 is 1.70 bits per heavy atom. The molecule has 1 aliphatic rings. The number of hydrogen-bond acceptors (Lipinski definition) is 2. The van der Waals surface area contributed by atoms with E-state index in [4.69, 9.17) is 4.74 Å². The van der Waals surface area contributed by atoms with Crippen LogP contribution in [0, 0.1) is 5.92 Å². The van der Waals surface area contributed by atoms with Gasteiger partial charge in [0, 0.05) is 11.8 Å². The lowest BCUT2D eigenvalue weighted by molar-refractivity contribution is -0.143. The molecule has 0 aromatic heterocycles. The van der Waals surface area contributed by atoms with Gasteiger partial charge in [-0.2, -0.15) is 0 Å². The van der Waals surface area contributed by atoms with Crippen molar-refractivity contribution in [2.75, 3.05) is 6.61 Å². The molecule has 1 aliphatic carbocycles. The highest BCUT2D eigenvalue weighted by Crippen LogP contribution is 2.33. The molecule has 0 radical (unpaired) electrons. The van der Waals surface area contributed by atoms with Gasteiger partial charge >= 0.3 is 5.97 Å². The smallest absolute Gasteiger partial charge is 0.302 e. The molecule has 2 nitrogen and oxygen atoms in total. The molecule has 0 aromatic carbocycles. The number of rotatable bonds is 2. The van der Waals surface area contributed by atoms with Crippen LogP contribution in [0.4, 0.5) is 0 Å². The molecule has 1 rings (SSSR count). The van der Waals surface area contributed by atoms with Crippen molar-refractivity contribution in [3.63, 3.8) is 0 Å². The van der Waals surface area contributed by atoms with E-state index >= 15 is 0 Å². The standard InChI is InChI=1S/C7H11BrO2/c1-5(9)10-4-6-2-7(8)3-6/h6-7H,2-4H2,1H3. The summed E-state index contributed by atoms with van der Waals surface area (Å²) in [5, 5.41) is 0. The molecular weight excluding hydrogens is 196 g/mol. The monoisotopic (exact) mass is 206 g/mol. The van der Waals surface area contributed by atoms with E-state index in [1.807, 2.05) is 0 Å². The first-order chi connectivity index (χ1) is 4.68. The summed E-state index contributed by atoms with van der Waals surface area (Å²) in [7, 11) is 0. The Balaban J connectivity index is 2.00. The van der Waals surface area contributed by atoms with Crippen molar-refractivity contribution in [1.82, 2.24) is 0 Å². The summed E-state index contributed by atoms with van der Waals surface area (Å²) in [6.07, 6.45) is 2.29. The van der Waals surface area contributed by atoms with Gasteiger partial charge < -0.3 is 4.74 Å². The Hall–Kier alpha value is -0.0500. The van der Waals surface area contributed by atoms with E-state index in [0.717, 1.165) is 12.8 Å². The van der Waals surface area contributed by atoms with E-state index < -0.39 is 0 Å². The van der Waals surface area contributed by atoms with Gasteiger partial charge in [0.1, 0.15) is 0 Å². The van der Waals surface area contributed by atoms with Crippen molar-refractivity contribution in [2.24, 2.45) is 5.92 Å². The molecule has 1 saturated carbocycles. The third-order valence-corrected chi connectivity index (χ3v) is 2.45. The quantitative estimate of drug-likeness (QED) is 0.509. The second kappa shape index (κ2) is 3.37. The molecule has 0 aromatic rings. The SMILES string of the molecule is CC(=O)OCC1CC(Br)C1. The van der Waals surface area contributed by atoms with Crippen LogP contribution in [0.1, 0.15) is 19.8 Å². The third kappa shape index (κ3) is 2.29. The first-order valence-electron chi connectivity index (χ1n) is 3.46. The molecule has 0 saturated heterocycles. The van der Waals surface area contributed by atoms with E-state index in [2.05, 4.69) is 15.9 Å². The normalized spacial score (nSPS) is 31.0. The summed E-state index contributed by atoms with van der Waals surface area (Å²) >= 11 is 3.47. The second-order valence-electron chi connectivity index (χ2n) is 2.74. The minimum atomic E-state index is -0.168. The van der Waals surface area contributed by atoms with Gasteiger partial charge in [-0.25, -0.2) is 0 Å². The van der Waals surface area contributed by atoms with Gasteiger partial charge in [-0.1, -0.05) is 15.9 Å². The molecule has 0 unspecified atom stereocenters. The summed E-state index contributed by atoms with van der Waals surface area (Å²) in [4.78, 5) is 11.0. The van der Waals surface area contributed by atoms with Crippen molar-refractivity contribution in [3.05, 3.63) is 0 Å². The maximum atomic E-state index is 10.3. The van der Waals surface area contributed by atoms with Gasteiger partial charge in [0.25, 0.3) is 0 Å². The third-order valence-electron chi connectivity index (χ3n) is 1.70. The lowest BCUT2D eigenvalue weighted by Crippen LogP contribution is -2.28. The summed E-state index contributed by atoms with van der Waals surface area (Å²) in [5.41, 5.74) is 0. The van der Waals surface area contributed by atoms with Crippen molar-refractivity contribution in [3.8, 4) is 0 Å². The van der Waals surface area contributed by atoms with Crippen LogP contribution in [-0.2, 0) is 9.53 Å². The number of ether oxygens (including phenoxy) is 1. The van der Waals surface area contributed by atoms with Crippen LogP contribution >= 0.6 is 15.9 Å². The predicted octanol–water partition coefficient (Wildman–Crippen LogP) is 1.72. The molecule has 0 atom stereocenters. The molecule has 1 fully saturated rings. The number of esters is 1. The van der Waals surface area contributed by atoms with E-state index in [1.165, 1.54) is 6.92 Å². The molecule has 0 N–H and O–H groups in total. The van der Waals surface area contributed by atoms with Crippen LogP contribution < -0.4 is 0 Å². The summed E-state index contributed by atoms with van der Waals surface area (Å²) in [5.74, 6) is 0.436. The first kappa shape index (κ1) is 8.05. The van der Waals surface area contributed by atoms with Crippen molar-refractivity contribution < 1.29 is 9.53 Å². The number of halogens is 1. The minimum absolute atomic E-state index is 0.168. The van der Waals surface area contributed by atoms with Crippen LogP contribution in [0.2, 0.25) is 0 Å². The fraction of sp³-hybridized carbons (Fsp3) is 0.857. The number of carbonyl (C=O) groups is 1. The highest BCUT2D eigenvalue weighted by atomic mass is 79.9. The van der Waals surface area contributed by atoms with Crippen LogP contribution in [-0.4, -0.2) is 17.4 Å².